The molecule has 14 unspecified atom stereocenters. The van der Waals surface area contributed by atoms with Gasteiger partial charge >= 0.3 is 5.97 Å². The maximum Gasteiger partial charge on any atom is 0.316 e. The first kappa shape index (κ1) is 39.8. The van der Waals surface area contributed by atoms with Crippen LogP contribution in [0.3, 0.4) is 0 Å². The molecular formula is C41H60O10. The van der Waals surface area contributed by atoms with Crippen LogP contribution in [0.15, 0.2) is 59.3 Å². The zero-order valence-electron chi connectivity index (χ0n) is 31.9. The van der Waals surface area contributed by atoms with Crippen LogP contribution < -0.4 is 0 Å². The Hall–Kier alpha value is -2.44. The predicted octanol–water partition coefficient (Wildman–Crippen LogP) is 6.06. The standard InChI is InChI=1S/C41H60O10/c1-10-23(2)38-26(5)16-17-40(51-38)21-31-19-30(50-40)15-14-25(4)37(49-35-20-34(46-9)36(43)29(8)47-35)24(3)12-11-13-28(7)41(45)22-33(42)27(6)18-32(41)39(44)48-31/h11-14,16-18,23-24,26,29-32,34-38,43,45H,10,15,19-22H2,1-9H3/b12-11+,25-14+,28-13+. The van der Waals surface area contributed by atoms with Crippen molar-refractivity contribution < 1.29 is 48.2 Å². The summed E-state index contributed by atoms with van der Waals surface area (Å²) in [6.07, 6.45) is 12.1. The van der Waals surface area contributed by atoms with Gasteiger partial charge < -0.3 is 38.6 Å². The lowest BCUT2D eigenvalue weighted by Crippen LogP contribution is -2.54. The summed E-state index contributed by atoms with van der Waals surface area (Å²) in [7, 11) is 1.58. The number of ketones is 1. The number of rotatable bonds is 5. The minimum atomic E-state index is -1.76. The summed E-state index contributed by atoms with van der Waals surface area (Å²) in [5, 5.41) is 22.7. The van der Waals surface area contributed by atoms with Crippen LogP contribution in [0.1, 0.15) is 93.9 Å². The van der Waals surface area contributed by atoms with Gasteiger partial charge in [0.1, 0.15) is 23.7 Å². The summed E-state index contributed by atoms with van der Waals surface area (Å²) in [6.45, 7) is 15.8. The van der Waals surface area contributed by atoms with Gasteiger partial charge in [0.2, 0.25) is 0 Å². The van der Waals surface area contributed by atoms with E-state index < -0.39 is 60.1 Å². The number of Topliss-reactive ketones (excluding diaryl/α,β-unsaturated/α-hetero) is 1. The van der Waals surface area contributed by atoms with Crippen LogP contribution in [0.25, 0.3) is 0 Å². The summed E-state index contributed by atoms with van der Waals surface area (Å²) < 4.78 is 38.2. The lowest BCUT2D eigenvalue weighted by atomic mass is 9.72. The van der Waals surface area contributed by atoms with Crippen LogP contribution in [-0.4, -0.2) is 89.5 Å². The number of hydrogen-bond donors (Lipinski definition) is 2. The average molecular weight is 713 g/mol. The molecule has 2 fully saturated rings. The SMILES string of the molecule is CCC(C)C1OC2(C=CC1C)CC1CC(C/C=C(\C)C(OC3CC(OC)C(O)C(C)O3)C(C)/C=C/C=C(\C)C3(O)CC(=O)C(C)=CC3C(=O)O1)O2. The van der Waals surface area contributed by atoms with Crippen molar-refractivity contribution in [3.05, 3.63) is 59.3 Å². The lowest BCUT2D eigenvalue weighted by Gasteiger charge is -2.48. The molecule has 2 bridgehead atoms. The lowest BCUT2D eigenvalue weighted by molar-refractivity contribution is -0.300. The number of fused-ring (bicyclic) bond motifs is 3. The maximum atomic E-state index is 14.1. The van der Waals surface area contributed by atoms with Crippen LogP contribution in [0.2, 0.25) is 0 Å². The summed E-state index contributed by atoms with van der Waals surface area (Å²) in [4.78, 5) is 27.0. The van der Waals surface area contributed by atoms with Gasteiger partial charge in [0.25, 0.3) is 0 Å². The van der Waals surface area contributed by atoms with E-state index in [1.807, 2.05) is 39.0 Å². The van der Waals surface area contributed by atoms with Gasteiger partial charge in [-0.15, -0.1) is 0 Å². The Morgan fingerprint density at radius 3 is 2.49 bits per heavy atom. The monoisotopic (exact) mass is 712 g/mol. The van der Waals surface area contributed by atoms with Gasteiger partial charge in [-0.1, -0.05) is 70.6 Å². The molecule has 4 aliphatic heterocycles. The summed E-state index contributed by atoms with van der Waals surface area (Å²) >= 11 is 0. The molecule has 284 valence electrons. The first-order valence-electron chi connectivity index (χ1n) is 18.8. The van der Waals surface area contributed by atoms with Crippen LogP contribution in [0.5, 0.6) is 0 Å². The number of ether oxygens (including phenoxy) is 6. The van der Waals surface area contributed by atoms with Crippen LogP contribution in [0, 0.1) is 23.7 Å². The van der Waals surface area contributed by atoms with E-state index in [1.165, 1.54) is 0 Å². The third-order valence-electron chi connectivity index (χ3n) is 11.8. The van der Waals surface area contributed by atoms with Crippen molar-refractivity contribution in [3.63, 3.8) is 0 Å². The Morgan fingerprint density at radius 2 is 1.78 bits per heavy atom. The number of aliphatic hydroxyl groups excluding tert-OH is 1. The molecule has 51 heavy (non-hydrogen) atoms. The van der Waals surface area contributed by atoms with Crippen molar-refractivity contribution in [3.8, 4) is 0 Å². The maximum absolute atomic E-state index is 14.1. The number of carbonyl (C=O) groups excluding carboxylic acids is 2. The Kier molecular flexibility index (Phi) is 12.7. The predicted molar refractivity (Wildman–Crippen MR) is 192 cm³/mol. The molecule has 0 radical (unpaired) electrons. The quantitative estimate of drug-likeness (QED) is 0.256. The molecule has 5 aliphatic rings. The van der Waals surface area contributed by atoms with Gasteiger partial charge in [-0.2, -0.15) is 0 Å². The Balaban J connectivity index is 1.54. The van der Waals surface area contributed by atoms with E-state index in [1.54, 1.807) is 33.1 Å². The van der Waals surface area contributed by atoms with Crippen molar-refractivity contribution in [2.24, 2.45) is 23.7 Å². The highest BCUT2D eigenvalue weighted by Crippen LogP contribution is 2.43. The Labute approximate surface area is 303 Å². The molecule has 0 amide bonds. The van der Waals surface area contributed by atoms with Gasteiger partial charge in [-0.05, 0) is 62.8 Å². The van der Waals surface area contributed by atoms with Crippen LogP contribution in [0.4, 0.5) is 0 Å². The van der Waals surface area contributed by atoms with E-state index >= 15 is 0 Å². The molecule has 2 N–H and O–H groups in total. The topological polar surface area (TPSA) is 130 Å². The number of esters is 1. The molecular weight excluding hydrogens is 652 g/mol. The highest BCUT2D eigenvalue weighted by Gasteiger charge is 2.51. The number of carbonyl (C=O) groups is 2. The van der Waals surface area contributed by atoms with Crippen molar-refractivity contribution in [1.29, 1.82) is 0 Å². The molecule has 10 nitrogen and oxygen atoms in total. The fraction of sp³-hybridized carbons (Fsp3) is 0.707. The van der Waals surface area contributed by atoms with E-state index in [4.69, 9.17) is 28.4 Å². The summed E-state index contributed by atoms with van der Waals surface area (Å²) in [6, 6.07) is 0. The highest BCUT2D eigenvalue weighted by atomic mass is 16.7. The summed E-state index contributed by atoms with van der Waals surface area (Å²) in [5.41, 5.74) is 0.124. The van der Waals surface area contributed by atoms with Crippen molar-refractivity contribution in [1.82, 2.24) is 0 Å². The van der Waals surface area contributed by atoms with Crippen molar-refractivity contribution >= 4 is 11.8 Å². The fourth-order valence-electron chi connectivity index (χ4n) is 8.19. The zero-order chi connectivity index (χ0) is 37.2. The summed E-state index contributed by atoms with van der Waals surface area (Å²) in [5.74, 6) is -2.61. The highest BCUT2D eigenvalue weighted by molar-refractivity contribution is 5.99. The van der Waals surface area contributed by atoms with E-state index in [9.17, 15) is 19.8 Å². The molecule has 0 aromatic heterocycles. The van der Waals surface area contributed by atoms with Gasteiger partial charge in [0.05, 0.1) is 30.5 Å². The molecule has 2 saturated heterocycles. The zero-order valence-corrected chi connectivity index (χ0v) is 31.9. The first-order valence-corrected chi connectivity index (χ1v) is 18.8. The molecule has 10 heteroatoms. The van der Waals surface area contributed by atoms with Crippen LogP contribution in [-0.2, 0) is 38.0 Å². The minimum absolute atomic E-state index is 0.0733. The second-order valence-electron chi connectivity index (χ2n) is 15.7. The van der Waals surface area contributed by atoms with E-state index in [2.05, 4.69) is 32.9 Å². The molecule has 14 atom stereocenters. The Bertz CT molecular complexity index is 1430. The average Bonchev–Trinajstić information content (AvgIpc) is 3.09. The number of hydrogen-bond acceptors (Lipinski definition) is 10. The smallest absolute Gasteiger partial charge is 0.316 e. The van der Waals surface area contributed by atoms with E-state index in [-0.39, 0.29) is 42.2 Å². The second kappa shape index (κ2) is 16.3. The number of aliphatic hydroxyl groups is 2. The third kappa shape index (κ3) is 8.69. The number of methoxy groups -OCH3 is 1. The molecule has 1 aliphatic carbocycles. The molecule has 0 aromatic carbocycles. The van der Waals surface area contributed by atoms with Crippen molar-refractivity contribution in [2.75, 3.05) is 7.11 Å². The van der Waals surface area contributed by atoms with Crippen LogP contribution >= 0.6 is 0 Å². The third-order valence-corrected chi connectivity index (χ3v) is 11.8. The fourth-order valence-corrected chi connectivity index (χ4v) is 8.19. The van der Waals surface area contributed by atoms with Crippen molar-refractivity contribution in [2.45, 2.75) is 154 Å². The molecule has 0 saturated carbocycles. The van der Waals surface area contributed by atoms with Gasteiger partial charge in [-0.3, -0.25) is 9.59 Å². The molecule has 5 rings (SSSR count). The minimum Gasteiger partial charge on any atom is -0.462 e. The normalized spacial score (nSPS) is 45.8. The molecule has 4 heterocycles. The van der Waals surface area contributed by atoms with Gasteiger partial charge in [0, 0.05) is 44.6 Å². The molecule has 1 spiro atoms. The largest absolute Gasteiger partial charge is 0.462 e. The first-order chi connectivity index (χ1) is 24.1. The second-order valence-corrected chi connectivity index (χ2v) is 15.7. The van der Waals surface area contributed by atoms with Gasteiger partial charge in [-0.25, -0.2) is 0 Å². The van der Waals surface area contributed by atoms with E-state index in [0.29, 0.717) is 36.8 Å². The Morgan fingerprint density at radius 1 is 1.04 bits per heavy atom. The molecule has 0 aromatic rings. The van der Waals surface area contributed by atoms with Gasteiger partial charge in [0.15, 0.2) is 17.9 Å². The number of allylic oxidation sites excluding steroid dienone is 3. The van der Waals surface area contributed by atoms with E-state index in [0.717, 1.165) is 12.0 Å².